The molecule has 0 spiro atoms. The summed E-state index contributed by atoms with van der Waals surface area (Å²) in [6.07, 6.45) is 4.71. The maximum absolute atomic E-state index is 12.5. The van der Waals surface area contributed by atoms with Crippen LogP contribution < -0.4 is 10.1 Å². The van der Waals surface area contributed by atoms with E-state index in [0.29, 0.717) is 19.1 Å². The number of aryl methyl sites for hydroxylation is 1. The van der Waals surface area contributed by atoms with Gasteiger partial charge in [-0.3, -0.25) is 10.1 Å². The number of nitrogens with one attached hydrogen (secondary N) is 1. The normalized spacial score (nSPS) is 24.3. The molecular weight excluding hydrogens is 266 g/mol. The molecule has 1 unspecified atom stereocenters. The van der Waals surface area contributed by atoms with Crippen LogP contribution in [0.25, 0.3) is 0 Å². The second kappa shape index (κ2) is 5.68. The highest BCUT2D eigenvalue weighted by Crippen LogP contribution is 2.35. The summed E-state index contributed by atoms with van der Waals surface area (Å²) in [7, 11) is 1.67. The van der Waals surface area contributed by atoms with E-state index in [1.165, 1.54) is 11.1 Å². The molecule has 1 fully saturated rings. The number of esters is 1. The minimum Gasteiger partial charge on any atom is -0.497 e. The van der Waals surface area contributed by atoms with Crippen LogP contribution in [-0.2, 0) is 22.4 Å². The smallest absolute Gasteiger partial charge is 0.326 e. The Balaban J connectivity index is 1.88. The molecule has 114 valence electrons. The van der Waals surface area contributed by atoms with E-state index < -0.39 is 5.54 Å². The Morgan fingerprint density at radius 1 is 1.38 bits per heavy atom. The van der Waals surface area contributed by atoms with E-state index >= 15 is 0 Å². The van der Waals surface area contributed by atoms with E-state index in [1.807, 2.05) is 13.0 Å². The monoisotopic (exact) mass is 289 g/mol. The van der Waals surface area contributed by atoms with E-state index in [4.69, 9.17) is 9.47 Å². The number of fused-ring (bicyclic) bond motifs is 1. The zero-order chi connectivity index (χ0) is 14.9. The molecule has 1 N–H and O–H groups in total. The molecule has 0 heterocycles. The number of carbonyl (C=O) groups excluding carboxylic acids is 1. The van der Waals surface area contributed by atoms with Crippen molar-refractivity contribution in [1.29, 1.82) is 0 Å². The fraction of sp³-hybridized carbons (Fsp3) is 0.588. The number of rotatable bonds is 5. The molecule has 21 heavy (non-hydrogen) atoms. The molecule has 1 aromatic carbocycles. The standard InChI is InChI=1S/C17H23NO3/c1-3-21-16(19)17(18-14-5-6-14)9-8-12-4-7-15(20-2)10-13(12)11-17/h4,7,10,14,18H,3,5-6,8-9,11H2,1-2H3. The third-order valence-electron chi connectivity index (χ3n) is 4.45. The van der Waals surface area contributed by atoms with E-state index in [-0.39, 0.29) is 5.97 Å². The molecule has 0 saturated heterocycles. The highest BCUT2D eigenvalue weighted by molar-refractivity contribution is 5.82. The van der Waals surface area contributed by atoms with Gasteiger partial charge in [0.1, 0.15) is 11.3 Å². The number of hydrogen-bond donors (Lipinski definition) is 1. The van der Waals surface area contributed by atoms with E-state index in [0.717, 1.165) is 31.4 Å². The highest BCUT2D eigenvalue weighted by atomic mass is 16.5. The molecule has 0 amide bonds. The first-order valence-corrected chi connectivity index (χ1v) is 7.77. The fourth-order valence-electron chi connectivity index (χ4n) is 3.14. The molecule has 2 aliphatic rings. The minimum absolute atomic E-state index is 0.106. The van der Waals surface area contributed by atoms with Crippen LogP contribution in [-0.4, -0.2) is 31.3 Å². The maximum Gasteiger partial charge on any atom is 0.326 e. The van der Waals surface area contributed by atoms with Gasteiger partial charge < -0.3 is 9.47 Å². The van der Waals surface area contributed by atoms with Gasteiger partial charge in [0.25, 0.3) is 0 Å². The Morgan fingerprint density at radius 3 is 2.86 bits per heavy atom. The van der Waals surface area contributed by atoms with E-state index in [1.54, 1.807) is 7.11 Å². The predicted molar refractivity (Wildman–Crippen MR) is 80.5 cm³/mol. The van der Waals surface area contributed by atoms with Crippen LogP contribution in [0.1, 0.15) is 37.3 Å². The largest absolute Gasteiger partial charge is 0.497 e. The van der Waals surface area contributed by atoms with Crippen LogP contribution in [0.4, 0.5) is 0 Å². The zero-order valence-corrected chi connectivity index (χ0v) is 12.8. The van der Waals surface area contributed by atoms with Gasteiger partial charge in [0.2, 0.25) is 0 Å². The lowest BCUT2D eigenvalue weighted by atomic mass is 9.77. The predicted octanol–water partition coefficient (Wildman–Crippen LogP) is 2.24. The van der Waals surface area contributed by atoms with Gasteiger partial charge in [-0.15, -0.1) is 0 Å². The third-order valence-corrected chi connectivity index (χ3v) is 4.45. The van der Waals surface area contributed by atoms with Crippen LogP contribution in [0.3, 0.4) is 0 Å². The number of carbonyl (C=O) groups is 1. The molecule has 0 aromatic heterocycles. The van der Waals surface area contributed by atoms with Crippen molar-refractivity contribution >= 4 is 5.97 Å². The molecule has 3 rings (SSSR count). The second-order valence-electron chi connectivity index (χ2n) is 6.03. The van der Waals surface area contributed by atoms with Crippen molar-refractivity contribution < 1.29 is 14.3 Å². The number of methoxy groups -OCH3 is 1. The van der Waals surface area contributed by atoms with Crippen LogP contribution in [0, 0.1) is 0 Å². The zero-order valence-electron chi connectivity index (χ0n) is 12.8. The summed E-state index contributed by atoms with van der Waals surface area (Å²) >= 11 is 0. The lowest BCUT2D eigenvalue weighted by Gasteiger charge is -2.37. The fourth-order valence-corrected chi connectivity index (χ4v) is 3.14. The number of ether oxygens (including phenoxy) is 2. The van der Waals surface area contributed by atoms with Crippen molar-refractivity contribution in [2.24, 2.45) is 0 Å². The number of hydrogen-bond acceptors (Lipinski definition) is 4. The Kier molecular flexibility index (Phi) is 3.89. The molecule has 1 aromatic rings. The Morgan fingerprint density at radius 2 is 2.19 bits per heavy atom. The molecule has 4 nitrogen and oxygen atoms in total. The first-order chi connectivity index (χ1) is 10.2. The quantitative estimate of drug-likeness (QED) is 0.845. The Hall–Kier alpha value is -1.55. The molecule has 0 bridgehead atoms. The van der Waals surface area contributed by atoms with Crippen LogP contribution in [0.15, 0.2) is 18.2 Å². The van der Waals surface area contributed by atoms with Gasteiger partial charge in [0, 0.05) is 12.5 Å². The van der Waals surface area contributed by atoms with Crippen molar-refractivity contribution in [3.8, 4) is 5.75 Å². The Labute approximate surface area is 125 Å². The van der Waals surface area contributed by atoms with Crippen molar-refractivity contribution in [2.75, 3.05) is 13.7 Å². The minimum atomic E-state index is -0.559. The summed E-state index contributed by atoms with van der Waals surface area (Å²) in [6.45, 7) is 2.29. The summed E-state index contributed by atoms with van der Waals surface area (Å²) in [5.41, 5.74) is 1.95. The van der Waals surface area contributed by atoms with Gasteiger partial charge >= 0.3 is 5.97 Å². The average Bonchev–Trinajstić information content (AvgIpc) is 3.30. The Bertz CT molecular complexity index is 539. The van der Waals surface area contributed by atoms with Gasteiger partial charge in [0.05, 0.1) is 13.7 Å². The van der Waals surface area contributed by atoms with Gasteiger partial charge in [-0.05, 0) is 55.9 Å². The molecule has 4 heteroatoms. The first-order valence-electron chi connectivity index (χ1n) is 7.77. The van der Waals surface area contributed by atoms with Crippen LogP contribution in [0.2, 0.25) is 0 Å². The summed E-state index contributed by atoms with van der Waals surface area (Å²) in [5, 5.41) is 3.55. The highest BCUT2D eigenvalue weighted by Gasteiger charge is 2.45. The van der Waals surface area contributed by atoms with Crippen molar-refractivity contribution in [3.63, 3.8) is 0 Å². The maximum atomic E-state index is 12.5. The lowest BCUT2D eigenvalue weighted by Crippen LogP contribution is -2.57. The molecule has 1 atom stereocenters. The molecule has 1 saturated carbocycles. The first kappa shape index (κ1) is 14.4. The van der Waals surface area contributed by atoms with Crippen LogP contribution in [0.5, 0.6) is 5.75 Å². The van der Waals surface area contributed by atoms with E-state index in [2.05, 4.69) is 17.4 Å². The second-order valence-corrected chi connectivity index (χ2v) is 6.03. The average molecular weight is 289 g/mol. The van der Waals surface area contributed by atoms with Crippen LogP contribution >= 0.6 is 0 Å². The van der Waals surface area contributed by atoms with Gasteiger partial charge in [-0.25, -0.2) is 0 Å². The van der Waals surface area contributed by atoms with Gasteiger partial charge in [-0.2, -0.15) is 0 Å². The van der Waals surface area contributed by atoms with Gasteiger partial charge in [0.15, 0.2) is 0 Å². The summed E-state index contributed by atoms with van der Waals surface area (Å²) in [4.78, 5) is 12.5. The molecule has 0 radical (unpaired) electrons. The van der Waals surface area contributed by atoms with Gasteiger partial charge in [-0.1, -0.05) is 6.07 Å². The summed E-state index contributed by atoms with van der Waals surface area (Å²) < 4.78 is 10.7. The van der Waals surface area contributed by atoms with E-state index in [9.17, 15) is 4.79 Å². The summed E-state index contributed by atoms with van der Waals surface area (Å²) in [5.74, 6) is 0.741. The molecule has 2 aliphatic carbocycles. The lowest BCUT2D eigenvalue weighted by molar-refractivity contribution is -0.152. The summed E-state index contributed by atoms with van der Waals surface area (Å²) in [6, 6.07) is 6.63. The van der Waals surface area contributed by atoms with Crippen molar-refractivity contribution in [1.82, 2.24) is 5.32 Å². The number of benzene rings is 1. The van der Waals surface area contributed by atoms with Crippen molar-refractivity contribution in [2.45, 2.75) is 50.6 Å². The molecule has 0 aliphatic heterocycles. The SMILES string of the molecule is CCOC(=O)C1(NC2CC2)CCc2ccc(OC)cc2C1. The van der Waals surface area contributed by atoms with Crippen molar-refractivity contribution in [3.05, 3.63) is 29.3 Å². The molecular formula is C17H23NO3. The third kappa shape index (κ3) is 2.91. The topological polar surface area (TPSA) is 47.6 Å².